The average Bonchev–Trinajstić information content (AvgIpc) is 2.95. The van der Waals surface area contributed by atoms with E-state index < -0.39 is 18.3 Å². The van der Waals surface area contributed by atoms with Crippen LogP contribution in [0.25, 0.3) is 16.8 Å². The second kappa shape index (κ2) is 5.07. The summed E-state index contributed by atoms with van der Waals surface area (Å²) < 4.78 is 41.2. The molecule has 7 nitrogen and oxygen atoms in total. The second-order valence-corrected chi connectivity index (χ2v) is 5.61. The standard InChI is InChI=1S/C11H11BrF3N6O/c1-19-5-21-8(18-19)6-7(17-9(12)16-6)20(10(21)22)4-2-3-11(13,14)15/h5H,2-4H2,1H3,(H,16,17)/q+1. The van der Waals surface area contributed by atoms with E-state index in [9.17, 15) is 18.0 Å². The Labute approximate surface area is 129 Å². The number of aryl methyl sites for hydroxylation is 2. The summed E-state index contributed by atoms with van der Waals surface area (Å²) in [5.41, 5.74) is 0.654. The molecule has 0 amide bonds. The molecule has 3 heterocycles. The second-order valence-electron chi connectivity index (χ2n) is 4.86. The van der Waals surface area contributed by atoms with Crippen molar-refractivity contribution in [1.29, 1.82) is 0 Å². The van der Waals surface area contributed by atoms with Gasteiger partial charge in [0.1, 0.15) is 7.05 Å². The fourth-order valence-corrected chi connectivity index (χ4v) is 2.67. The SMILES string of the molecule is C[n+]1cn2c(=O)n(CCCC(F)(F)F)c3nc(Br)[nH]c3c2n1. The number of hydrogen-bond acceptors (Lipinski definition) is 3. The molecule has 0 aromatic carbocycles. The molecule has 0 saturated heterocycles. The highest BCUT2D eigenvalue weighted by Crippen LogP contribution is 2.22. The molecule has 0 bridgehead atoms. The van der Waals surface area contributed by atoms with Gasteiger partial charge in [0.2, 0.25) is 0 Å². The molecule has 0 saturated carbocycles. The lowest BCUT2D eigenvalue weighted by Gasteiger charge is -2.07. The first-order valence-electron chi connectivity index (χ1n) is 6.36. The van der Waals surface area contributed by atoms with Crippen LogP contribution in [0, 0.1) is 0 Å². The molecule has 118 valence electrons. The molecular formula is C11H11BrF3N6O+. The van der Waals surface area contributed by atoms with Gasteiger partial charge in [0.25, 0.3) is 12.0 Å². The van der Waals surface area contributed by atoms with Crippen LogP contribution in [0.4, 0.5) is 13.2 Å². The van der Waals surface area contributed by atoms with E-state index in [-0.39, 0.29) is 18.6 Å². The Balaban J connectivity index is 2.14. The molecule has 0 spiro atoms. The Kier molecular flexibility index (Phi) is 3.46. The number of imidazole rings is 1. The van der Waals surface area contributed by atoms with Crippen molar-refractivity contribution in [2.75, 3.05) is 0 Å². The largest absolute Gasteiger partial charge is 0.423 e. The molecule has 0 atom stereocenters. The monoisotopic (exact) mass is 379 g/mol. The van der Waals surface area contributed by atoms with Gasteiger partial charge in [0.05, 0.1) is 0 Å². The summed E-state index contributed by atoms with van der Waals surface area (Å²) in [5, 5.41) is 4.17. The van der Waals surface area contributed by atoms with Gasteiger partial charge in [-0.15, -0.1) is 9.08 Å². The Morgan fingerprint density at radius 1 is 1.41 bits per heavy atom. The van der Waals surface area contributed by atoms with Gasteiger partial charge in [-0.1, -0.05) is 0 Å². The molecule has 0 aliphatic heterocycles. The van der Waals surface area contributed by atoms with Crippen molar-refractivity contribution in [3.8, 4) is 0 Å². The van der Waals surface area contributed by atoms with Gasteiger partial charge in [-0.05, 0) is 27.4 Å². The Hall–Kier alpha value is -1.91. The summed E-state index contributed by atoms with van der Waals surface area (Å²) in [5.74, 6) is 0. The minimum absolute atomic E-state index is 0.0794. The zero-order valence-electron chi connectivity index (χ0n) is 11.4. The van der Waals surface area contributed by atoms with E-state index >= 15 is 0 Å². The molecule has 0 fully saturated rings. The van der Waals surface area contributed by atoms with Crippen LogP contribution in [0.5, 0.6) is 0 Å². The fourth-order valence-electron chi connectivity index (χ4n) is 2.30. The normalized spacial score (nSPS) is 12.6. The molecule has 0 aliphatic carbocycles. The predicted molar refractivity (Wildman–Crippen MR) is 73.3 cm³/mol. The Morgan fingerprint density at radius 2 is 2.14 bits per heavy atom. The number of aromatic nitrogens is 6. The van der Waals surface area contributed by atoms with Gasteiger partial charge in [0, 0.05) is 13.0 Å². The van der Waals surface area contributed by atoms with E-state index in [0.29, 0.717) is 15.9 Å². The predicted octanol–water partition coefficient (Wildman–Crippen LogP) is 1.30. The number of fused-ring (bicyclic) bond motifs is 3. The Morgan fingerprint density at radius 3 is 2.82 bits per heavy atom. The first kappa shape index (κ1) is 15.0. The molecule has 0 unspecified atom stereocenters. The number of hydrogen-bond donors (Lipinski definition) is 1. The topological polar surface area (TPSA) is 71.9 Å². The van der Waals surface area contributed by atoms with Crippen molar-refractivity contribution in [3.63, 3.8) is 0 Å². The molecule has 3 aromatic rings. The fraction of sp³-hybridized carbons (Fsp3) is 0.455. The first-order valence-corrected chi connectivity index (χ1v) is 7.15. The average molecular weight is 380 g/mol. The van der Waals surface area contributed by atoms with Crippen molar-refractivity contribution < 1.29 is 17.9 Å². The van der Waals surface area contributed by atoms with Crippen LogP contribution in [-0.2, 0) is 13.6 Å². The quantitative estimate of drug-likeness (QED) is 0.550. The molecular weight excluding hydrogens is 369 g/mol. The lowest BCUT2D eigenvalue weighted by Crippen LogP contribution is -2.30. The third kappa shape index (κ3) is 2.60. The van der Waals surface area contributed by atoms with Gasteiger partial charge >= 0.3 is 11.9 Å². The van der Waals surface area contributed by atoms with Gasteiger partial charge in [0.15, 0.2) is 15.9 Å². The summed E-state index contributed by atoms with van der Waals surface area (Å²) in [7, 11) is 1.65. The molecule has 11 heteroatoms. The van der Waals surface area contributed by atoms with E-state index in [1.165, 1.54) is 20.0 Å². The van der Waals surface area contributed by atoms with Crippen LogP contribution in [0.3, 0.4) is 0 Å². The van der Waals surface area contributed by atoms with E-state index in [4.69, 9.17) is 0 Å². The van der Waals surface area contributed by atoms with Crippen molar-refractivity contribution >= 4 is 32.7 Å². The summed E-state index contributed by atoms with van der Waals surface area (Å²) in [6.45, 7) is -0.0794. The third-order valence-corrected chi connectivity index (χ3v) is 3.55. The maximum atomic E-state index is 12.4. The minimum Gasteiger partial charge on any atom is -0.326 e. The lowest BCUT2D eigenvalue weighted by molar-refractivity contribution is -0.727. The third-order valence-electron chi connectivity index (χ3n) is 3.18. The van der Waals surface area contributed by atoms with Crippen molar-refractivity contribution in [1.82, 2.24) is 24.0 Å². The maximum absolute atomic E-state index is 12.4. The van der Waals surface area contributed by atoms with Crippen molar-refractivity contribution in [3.05, 3.63) is 21.5 Å². The minimum atomic E-state index is -4.25. The maximum Gasteiger partial charge on any atom is 0.423 e. The van der Waals surface area contributed by atoms with Crippen LogP contribution in [0.1, 0.15) is 12.8 Å². The molecule has 0 aliphatic rings. The van der Waals surface area contributed by atoms with Gasteiger partial charge in [-0.2, -0.15) is 13.2 Å². The lowest BCUT2D eigenvalue weighted by atomic mass is 10.3. The van der Waals surface area contributed by atoms with Gasteiger partial charge in [-0.3, -0.25) is 4.57 Å². The highest BCUT2D eigenvalue weighted by Gasteiger charge is 2.27. The summed E-state index contributed by atoms with van der Waals surface area (Å²) in [6, 6.07) is 0. The number of rotatable bonds is 3. The molecule has 3 rings (SSSR count). The zero-order valence-corrected chi connectivity index (χ0v) is 12.9. The van der Waals surface area contributed by atoms with E-state index in [1.54, 1.807) is 7.05 Å². The van der Waals surface area contributed by atoms with Crippen LogP contribution < -0.4 is 10.4 Å². The summed E-state index contributed by atoms with van der Waals surface area (Å²) >= 11 is 3.17. The molecule has 0 radical (unpaired) electrons. The summed E-state index contributed by atoms with van der Waals surface area (Å²) in [4.78, 5) is 19.5. The van der Waals surface area contributed by atoms with E-state index in [2.05, 4.69) is 31.0 Å². The Bertz CT molecular complexity index is 908. The first-order chi connectivity index (χ1) is 10.3. The molecule has 1 N–H and O–H groups in total. The number of nitrogens with zero attached hydrogens (tertiary/aromatic N) is 5. The zero-order chi connectivity index (χ0) is 16.1. The van der Waals surface area contributed by atoms with Crippen LogP contribution in [0.2, 0.25) is 0 Å². The van der Waals surface area contributed by atoms with Gasteiger partial charge < -0.3 is 4.98 Å². The van der Waals surface area contributed by atoms with E-state index in [1.807, 2.05) is 0 Å². The van der Waals surface area contributed by atoms with Crippen molar-refractivity contribution in [2.24, 2.45) is 7.05 Å². The number of halogens is 4. The highest BCUT2D eigenvalue weighted by molar-refractivity contribution is 9.10. The number of aromatic amines is 1. The number of nitrogens with one attached hydrogen (secondary N) is 1. The number of alkyl halides is 3. The smallest absolute Gasteiger partial charge is 0.326 e. The van der Waals surface area contributed by atoms with E-state index in [0.717, 1.165) is 0 Å². The van der Waals surface area contributed by atoms with Crippen molar-refractivity contribution in [2.45, 2.75) is 25.6 Å². The summed E-state index contributed by atoms with van der Waals surface area (Å²) in [6.07, 6.45) is -3.94. The molecule has 3 aromatic heterocycles. The molecule has 22 heavy (non-hydrogen) atoms. The number of H-pyrrole nitrogens is 1. The highest BCUT2D eigenvalue weighted by atomic mass is 79.9. The van der Waals surface area contributed by atoms with Gasteiger partial charge in [-0.25, -0.2) is 9.78 Å². The van der Waals surface area contributed by atoms with Crippen LogP contribution >= 0.6 is 15.9 Å². The van der Waals surface area contributed by atoms with Crippen LogP contribution in [0.15, 0.2) is 15.9 Å². The van der Waals surface area contributed by atoms with Crippen LogP contribution in [-0.4, -0.2) is 30.2 Å².